The van der Waals surface area contributed by atoms with Crippen LogP contribution in [0.2, 0.25) is 0 Å². The van der Waals surface area contributed by atoms with Gasteiger partial charge >= 0.3 is 0 Å². The molecule has 0 radical (unpaired) electrons. The number of nitrogens with zero attached hydrogens (tertiary/aromatic N) is 1. The molecule has 3 nitrogen and oxygen atoms in total. The van der Waals surface area contributed by atoms with Crippen LogP contribution in [0.3, 0.4) is 0 Å². The molecular formula is C12H22ClNO2. The third kappa shape index (κ3) is 3.11. The smallest absolute Gasteiger partial charge is 0.226 e. The Morgan fingerprint density at radius 2 is 2.12 bits per heavy atom. The second-order valence-electron chi connectivity index (χ2n) is 4.98. The van der Waals surface area contributed by atoms with Crippen LogP contribution < -0.4 is 0 Å². The summed E-state index contributed by atoms with van der Waals surface area (Å²) in [7, 11) is 0. The molecule has 1 aliphatic heterocycles. The molecule has 0 N–H and O–H groups in total. The number of carbonyl (C=O) groups is 1. The van der Waals surface area contributed by atoms with E-state index in [1.807, 2.05) is 18.7 Å². The maximum atomic E-state index is 12.2. The Bertz CT molecular complexity index is 245. The predicted octanol–water partition coefficient (Wildman–Crippen LogP) is 2.13. The molecule has 4 heteroatoms. The molecule has 3 unspecified atom stereocenters. The van der Waals surface area contributed by atoms with Gasteiger partial charge in [0.05, 0.1) is 24.6 Å². The van der Waals surface area contributed by atoms with E-state index in [0.29, 0.717) is 24.9 Å². The van der Waals surface area contributed by atoms with E-state index in [2.05, 4.69) is 13.8 Å². The van der Waals surface area contributed by atoms with E-state index in [0.717, 1.165) is 0 Å². The van der Waals surface area contributed by atoms with Crippen LogP contribution in [0.15, 0.2) is 0 Å². The van der Waals surface area contributed by atoms with Crippen molar-refractivity contribution in [1.29, 1.82) is 0 Å². The van der Waals surface area contributed by atoms with Crippen molar-refractivity contribution >= 4 is 17.5 Å². The molecule has 0 spiro atoms. The molecule has 1 rings (SSSR count). The van der Waals surface area contributed by atoms with Crippen molar-refractivity contribution in [3.63, 3.8) is 0 Å². The SMILES string of the molecule is CC(C)C(C)C(=O)N1CC(CCl)OCC1C. The summed E-state index contributed by atoms with van der Waals surface area (Å²) in [6, 6.07) is 0.160. The summed E-state index contributed by atoms with van der Waals surface area (Å²) in [5, 5.41) is 0. The highest BCUT2D eigenvalue weighted by Crippen LogP contribution is 2.19. The van der Waals surface area contributed by atoms with Crippen LogP contribution >= 0.6 is 11.6 Å². The molecule has 0 bridgehead atoms. The van der Waals surface area contributed by atoms with Crippen LogP contribution in [-0.2, 0) is 9.53 Å². The van der Waals surface area contributed by atoms with Gasteiger partial charge in [-0.15, -0.1) is 11.6 Å². The fourth-order valence-electron chi connectivity index (χ4n) is 1.76. The lowest BCUT2D eigenvalue weighted by molar-refractivity contribution is -0.148. The first kappa shape index (κ1) is 13.8. The van der Waals surface area contributed by atoms with Crippen molar-refractivity contribution in [3.05, 3.63) is 0 Å². The van der Waals surface area contributed by atoms with Crippen LogP contribution in [0.4, 0.5) is 0 Å². The summed E-state index contributed by atoms with van der Waals surface area (Å²) in [6.07, 6.45) is -0.0128. The third-order valence-corrected chi connectivity index (χ3v) is 3.69. The number of halogens is 1. The van der Waals surface area contributed by atoms with Gasteiger partial charge in [-0.1, -0.05) is 20.8 Å². The Labute approximate surface area is 103 Å². The van der Waals surface area contributed by atoms with Gasteiger partial charge in [0.2, 0.25) is 5.91 Å². The monoisotopic (exact) mass is 247 g/mol. The average Bonchev–Trinajstić information content (AvgIpc) is 2.27. The molecule has 94 valence electrons. The van der Waals surface area contributed by atoms with E-state index >= 15 is 0 Å². The topological polar surface area (TPSA) is 29.5 Å². The average molecular weight is 248 g/mol. The van der Waals surface area contributed by atoms with Gasteiger partial charge in [-0.25, -0.2) is 0 Å². The summed E-state index contributed by atoms with van der Waals surface area (Å²) in [4.78, 5) is 14.2. The zero-order valence-electron chi connectivity index (χ0n) is 10.6. The van der Waals surface area contributed by atoms with Crippen molar-refractivity contribution in [2.24, 2.45) is 11.8 Å². The largest absolute Gasteiger partial charge is 0.373 e. The van der Waals surface area contributed by atoms with E-state index in [4.69, 9.17) is 16.3 Å². The molecule has 0 aliphatic carbocycles. The summed E-state index contributed by atoms with van der Waals surface area (Å²) >= 11 is 5.78. The van der Waals surface area contributed by atoms with Crippen LogP contribution in [-0.4, -0.2) is 42.0 Å². The van der Waals surface area contributed by atoms with Gasteiger partial charge in [0.25, 0.3) is 0 Å². The molecule has 0 aromatic heterocycles. The van der Waals surface area contributed by atoms with E-state index in [1.165, 1.54) is 0 Å². The van der Waals surface area contributed by atoms with E-state index < -0.39 is 0 Å². The van der Waals surface area contributed by atoms with Gasteiger partial charge in [0, 0.05) is 12.5 Å². The van der Waals surface area contributed by atoms with E-state index in [1.54, 1.807) is 0 Å². The van der Waals surface area contributed by atoms with Crippen molar-refractivity contribution in [1.82, 2.24) is 4.90 Å². The lowest BCUT2D eigenvalue weighted by atomic mass is 9.95. The van der Waals surface area contributed by atoms with Crippen molar-refractivity contribution in [2.75, 3.05) is 19.0 Å². The first-order chi connectivity index (χ1) is 7.47. The van der Waals surface area contributed by atoms with Crippen LogP contribution in [0.25, 0.3) is 0 Å². The number of amides is 1. The molecule has 0 aromatic rings. The summed E-state index contributed by atoms with van der Waals surface area (Å²) in [5.74, 6) is 1.11. The Hall–Kier alpha value is -0.280. The highest BCUT2D eigenvalue weighted by Gasteiger charge is 2.32. The Morgan fingerprint density at radius 1 is 1.50 bits per heavy atom. The number of rotatable bonds is 3. The maximum absolute atomic E-state index is 12.2. The van der Waals surface area contributed by atoms with E-state index in [9.17, 15) is 4.79 Å². The maximum Gasteiger partial charge on any atom is 0.226 e. The standard InChI is InChI=1S/C12H22ClNO2/c1-8(2)10(4)12(15)14-6-11(5-13)16-7-9(14)3/h8-11H,5-7H2,1-4H3. The summed E-state index contributed by atoms with van der Waals surface area (Å²) in [6.45, 7) is 9.38. The quantitative estimate of drug-likeness (QED) is 0.715. The minimum absolute atomic E-state index is 0.0128. The Morgan fingerprint density at radius 3 is 2.62 bits per heavy atom. The number of hydrogen-bond donors (Lipinski definition) is 0. The molecule has 1 saturated heterocycles. The first-order valence-corrected chi connectivity index (χ1v) is 6.48. The second-order valence-corrected chi connectivity index (χ2v) is 5.29. The zero-order valence-corrected chi connectivity index (χ0v) is 11.3. The molecule has 16 heavy (non-hydrogen) atoms. The first-order valence-electron chi connectivity index (χ1n) is 5.95. The molecule has 1 aliphatic rings. The molecule has 1 amide bonds. The highest BCUT2D eigenvalue weighted by atomic mass is 35.5. The molecule has 1 heterocycles. The number of ether oxygens (including phenoxy) is 1. The minimum Gasteiger partial charge on any atom is -0.373 e. The molecular weight excluding hydrogens is 226 g/mol. The van der Waals surface area contributed by atoms with Crippen LogP contribution in [0.1, 0.15) is 27.7 Å². The van der Waals surface area contributed by atoms with Gasteiger partial charge in [0.1, 0.15) is 0 Å². The summed E-state index contributed by atoms with van der Waals surface area (Å²) in [5.41, 5.74) is 0. The van der Waals surface area contributed by atoms with Gasteiger partial charge in [-0.2, -0.15) is 0 Å². The number of morpholine rings is 1. The van der Waals surface area contributed by atoms with Crippen LogP contribution in [0.5, 0.6) is 0 Å². The number of alkyl halides is 1. The fourth-order valence-corrected chi connectivity index (χ4v) is 1.95. The Balaban J connectivity index is 2.65. The van der Waals surface area contributed by atoms with Gasteiger partial charge in [-0.05, 0) is 12.8 Å². The fraction of sp³-hybridized carbons (Fsp3) is 0.917. The van der Waals surface area contributed by atoms with Gasteiger partial charge in [0.15, 0.2) is 0 Å². The lowest BCUT2D eigenvalue weighted by Gasteiger charge is -2.39. The van der Waals surface area contributed by atoms with Crippen molar-refractivity contribution < 1.29 is 9.53 Å². The minimum atomic E-state index is -0.0128. The van der Waals surface area contributed by atoms with Crippen LogP contribution in [0, 0.1) is 11.8 Å². The van der Waals surface area contributed by atoms with E-state index in [-0.39, 0.29) is 24.0 Å². The molecule has 3 atom stereocenters. The summed E-state index contributed by atoms with van der Waals surface area (Å²) < 4.78 is 5.53. The highest BCUT2D eigenvalue weighted by molar-refractivity contribution is 6.18. The van der Waals surface area contributed by atoms with Crippen molar-refractivity contribution in [2.45, 2.75) is 39.8 Å². The number of carbonyl (C=O) groups excluding carboxylic acids is 1. The van der Waals surface area contributed by atoms with Gasteiger partial charge in [-0.3, -0.25) is 4.79 Å². The molecule has 1 fully saturated rings. The molecule has 0 aromatic carbocycles. The lowest BCUT2D eigenvalue weighted by Crippen LogP contribution is -2.53. The van der Waals surface area contributed by atoms with Gasteiger partial charge < -0.3 is 9.64 Å². The second kappa shape index (κ2) is 5.87. The number of hydrogen-bond acceptors (Lipinski definition) is 2. The Kier molecular flexibility index (Phi) is 5.06. The third-order valence-electron chi connectivity index (χ3n) is 3.35. The predicted molar refractivity (Wildman–Crippen MR) is 65.6 cm³/mol. The van der Waals surface area contributed by atoms with Crippen molar-refractivity contribution in [3.8, 4) is 0 Å². The molecule has 0 saturated carbocycles. The normalized spacial score (nSPS) is 28.2. The zero-order chi connectivity index (χ0) is 12.3.